The van der Waals surface area contributed by atoms with Gasteiger partial charge in [0.25, 0.3) is 0 Å². The van der Waals surface area contributed by atoms with Gasteiger partial charge in [-0.25, -0.2) is 0 Å². The summed E-state index contributed by atoms with van der Waals surface area (Å²) in [7, 11) is 3.42. The van der Waals surface area contributed by atoms with Crippen LogP contribution in [0.3, 0.4) is 0 Å². The third-order valence-corrected chi connectivity index (χ3v) is 3.64. The second-order valence-electron chi connectivity index (χ2n) is 5.30. The fraction of sp³-hybridized carbons (Fsp3) is 0.250. The highest BCUT2D eigenvalue weighted by molar-refractivity contribution is 5.79. The van der Waals surface area contributed by atoms with Gasteiger partial charge in [-0.05, 0) is 12.1 Å². The molecule has 0 bridgehead atoms. The summed E-state index contributed by atoms with van der Waals surface area (Å²) in [5.41, 5.74) is 2.13. The molecule has 0 spiro atoms. The SMILES string of the molecule is C=CCOc1ccccc1CNC(=NC)NCc1ccccc1OC. The summed E-state index contributed by atoms with van der Waals surface area (Å²) in [4.78, 5) is 4.26. The van der Waals surface area contributed by atoms with Crippen molar-refractivity contribution in [3.8, 4) is 11.5 Å². The first kappa shape index (κ1) is 18.4. The van der Waals surface area contributed by atoms with Crippen LogP contribution < -0.4 is 20.1 Å². The molecular formula is C20H25N3O2. The van der Waals surface area contributed by atoms with Crippen molar-refractivity contribution in [3.05, 3.63) is 72.3 Å². The van der Waals surface area contributed by atoms with E-state index in [2.05, 4.69) is 22.2 Å². The van der Waals surface area contributed by atoms with E-state index < -0.39 is 0 Å². The van der Waals surface area contributed by atoms with Gasteiger partial charge in [0.2, 0.25) is 0 Å². The fourth-order valence-corrected chi connectivity index (χ4v) is 2.37. The quantitative estimate of drug-likeness (QED) is 0.441. The Labute approximate surface area is 149 Å². The number of hydrogen-bond acceptors (Lipinski definition) is 3. The van der Waals surface area contributed by atoms with Gasteiger partial charge in [0.05, 0.1) is 7.11 Å². The maximum absolute atomic E-state index is 5.68. The molecule has 2 rings (SSSR count). The molecule has 0 unspecified atom stereocenters. The number of nitrogens with zero attached hydrogens (tertiary/aromatic N) is 1. The normalized spacial score (nSPS) is 10.9. The zero-order valence-electron chi connectivity index (χ0n) is 14.8. The fourth-order valence-electron chi connectivity index (χ4n) is 2.37. The first-order chi connectivity index (χ1) is 12.3. The zero-order chi connectivity index (χ0) is 17.9. The predicted octanol–water partition coefficient (Wildman–Crippen LogP) is 3.13. The summed E-state index contributed by atoms with van der Waals surface area (Å²) >= 11 is 0. The molecule has 132 valence electrons. The van der Waals surface area contributed by atoms with Crippen LogP contribution in [0, 0.1) is 0 Å². The second kappa shape index (κ2) is 10.0. The number of rotatable bonds is 8. The summed E-state index contributed by atoms with van der Waals surface area (Å²) in [6.07, 6.45) is 1.73. The number of hydrogen-bond donors (Lipinski definition) is 2. The lowest BCUT2D eigenvalue weighted by Crippen LogP contribution is -2.36. The van der Waals surface area contributed by atoms with Gasteiger partial charge in [0.1, 0.15) is 18.1 Å². The molecule has 2 N–H and O–H groups in total. The van der Waals surface area contributed by atoms with Gasteiger partial charge in [-0.2, -0.15) is 0 Å². The Hall–Kier alpha value is -2.95. The maximum atomic E-state index is 5.68. The maximum Gasteiger partial charge on any atom is 0.191 e. The molecule has 0 saturated carbocycles. The van der Waals surface area contributed by atoms with E-state index in [-0.39, 0.29) is 0 Å². The van der Waals surface area contributed by atoms with Crippen LogP contribution in [-0.2, 0) is 13.1 Å². The summed E-state index contributed by atoms with van der Waals surface area (Å²) in [6.45, 7) is 5.40. The highest BCUT2D eigenvalue weighted by Crippen LogP contribution is 2.18. The van der Waals surface area contributed by atoms with Crippen LogP contribution in [0.4, 0.5) is 0 Å². The minimum atomic E-state index is 0.484. The number of guanidine groups is 1. The van der Waals surface area contributed by atoms with Crippen LogP contribution in [0.25, 0.3) is 0 Å². The Morgan fingerprint density at radius 2 is 1.56 bits per heavy atom. The molecule has 5 nitrogen and oxygen atoms in total. The van der Waals surface area contributed by atoms with Crippen molar-refractivity contribution < 1.29 is 9.47 Å². The average molecular weight is 339 g/mol. The van der Waals surface area contributed by atoms with E-state index in [1.165, 1.54) is 0 Å². The van der Waals surface area contributed by atoms with Crippen LogP contribution >= 0.6 is 0 Å². The third-order valence-electron chi connectivity index (χ3n) is 3.64. The number of para-hydroxylation sites is 2. The lowest BCUT2D eigenvalue weighted by atomic mass is 10.2. The van der Waals surface area contributed by atoms with Gasteiger partial charge < -0.3 is 20.1 Å². The lowest BCUT2D eigenvalue weighted by Gasteiger charge is -2.15. The molecule has 25 heavy (non-hydrogen) atoms. The van der Waals surface area contributed by atoms with Crippen LogP contribution in [0.1, 0.15) is 11.1 Å². The van der Waals surface area contributed by atoms with Crippen LogP contribution in [0.2, 0.25) is 0 Å². The van der Waals surface area contributed by atoms with E-state index in [4.69, 9.17) is 9.47 Å². The molecule has 0 aromatic heterocycles. The highest BCUT2D eigenvalue weighted by atomic mass is 16.5. The van der Waals surface area contributed by atoms with Crippen molar-refractivity contribution in [2.24, 2.45) is 4.99 Å². The minimum Gasteiger partial charge on any atom is -0.496 e. The number of nitrogens with one attached hydrogen (secondary N) is 2. The molecule has 0 amide bonds. The van der Waals surface area contributed by atoms with Gasteiger partial charge in [-0.3, -0.25) is 4.99 Å². The Morgan fingerprint density at radius 1 is 1.00 bits per heavy atom. The van der Waals surface area contributed by atoms with Crippen LogP contribution in [-0.4, -0.2) is 26.7 Å². The van der Waals surface area contributed by atoms with Gasteiger partial charge in [-0.1, -0.05) is 49.1 Å². The summed E-state index contributed by atoms with van der Waals surface area (Å²) < 4.78 is 11.0. The standard InChI is InChI=1S/C20H25N3O2/c1-4-13-25-19-12-8-6-10-17(19)15-23-20(21-2)22-14-16-9-5-7-11-18(16)24-3/h4-12H,1,13-15H2,2-3H3,(H2,21,22,23). The second-order valence-corrected chi connectivity index (χ2v) is 5.30. The summed E-state index contributed by atoms with van der Waals surface area (Å²) in [6, 6.07) is 15.8. The predicted molar refractivity (Wildman–Crippen MR) is 102 cm³/mol. The topological polar surface area (TPSA) is 54.9 Å². The Bertz CT molecular complexity index is 714. The van der Waals surface area contributed by atoms with E-state index in [1.807, 2.05) is 48.5 Å². The molecule has 0 heterocycles. The van der Waals surface area contributed by atoms with Gasteiger partial charge in [-0.15, -0.1) is 0 Å². The van der Waals surface area contributed by atoms with Crippen molar-refractivity contribution in [1.82, 2.24) is 10.6 Å². The van der Waals surface area contributed by atoms with Gasteiger partial charge in [0, 0.05) is 31.3 Å². The van der Waals surface area contributed by atoms with E-state index in [0.29, 0.717) is 25.7 Å². The summed E-state index contributed by atoms with van der Waals surface area (Å²) in [5, 5.41) is 6.60. The third kappa shape index (κ3) is 5.57. The van der Waals surface area contributed by atoms with Gasteiger partial charge >= 0.3 is 0 Å². The van der Waals surface area contributed by atoms with Crippen molar-refractivity contribution in [1.29, 1.82) is 0 Å². The molecule has 0 atom stereocenters. The average Bonchev–Trinajstić information content (AvgIpc) is 2.67. The lowest BCUT2D eigenvalue weighted by molar-refractivity contribution is 0.358. The number of methoxy groups -OCH3 is 1. The Morgan fingerprint density at radius 3 is 2.12 bits per heavy atom. The number of benzene rings is 2. The smallest absolute Gasteiger partial charge is 0.191 e. The first-order valence-electron chi connectivity index (χ1n) is 8.16. The van der Waals surface area contributed by atoms with Crippen molar-refractivity contribution in [3.63, 3.8) is 0 Å². The number of aliphatic imine (C=N–C) groups is 1. The van der Waals surface area contributed by atoms with Crippen molar-refractivity contribution in [2.75, 3.05) is 20.8 Å². The largest absolute Gasteiger partial charge is 0.496 e. The van der Waals surface area contributed by atoms with E-state index in [0.717, 1.165) is 22.6 Å². The molecule has 0 radical (unpaired) electrons. The molecular weight excluding hydrogens is 314 g/mol. The molecule has 0 aliphatic rings. The number of ether oxygens (including phenoxy) is 2. The monoisotopic (exact) mass is 339 g/mol. The van der Waals surface area contributed by atoms with E-state index in [9.17, 15) is 0 Å². The van der Waals surface area contributed by atoms with Crippen LogP contribution in [0.5, 0.6) is 11.5 Å². The zero-order valence-corrected chi connectivity index (χ0v) is 14.8. The Kier molecular flexibility index (Phi) is 7.38. The first-order valence-corrected chi connectivity index (χ1v) is 8.16. The minimum absolute atomic E-state index is 0.484. The molecule has 2 aromatic carbocycles. The van der Waals surface area contributed by atoms with E-state index in [1.54, 1.807) is 20.2 Å². The summed E-state index contributed by atoms with van der Waals surface area (Å²) in [5.74, 6) is 2.41. The van der Waals surface area contributed by atoms with Crippen molar-refractivity contribution in [2.45, 2.75) is 13.1 Å². The molecule has 2 aromatic rings. The van der Waals surface area contributed by atoms with Crippen LogP contribution in [0.15, 0.2) is 66.2 Å². The molecule has 0 aliphatic heterocycles. The molecule has 0 fully saturated rings. The van der Waals surface area contributed by atoms with Gasteiger partial charge in [0.15, 0.2) is 5.96 Å². The molecule has 0 aliphatic carbocycles. The Balaban J connectivity index is 1.94. The molecule has 0 saturated heterocycles. The molecule has 5 heteroatoms. The van der Waals surface area contributed by atoms with Crippen molar-refractivity contribution >= 4 is 5.96 Å². The highest BCUT2D eigenvalue weighted by Gasteiger charge is 2.06. The van der Waals surface area contributed by atoms with E-state index >= 15 is 0 Å².